The van der Waals surface area contributed by atoms with Crippen molar-refractivity contribution in [2.75, 3.05) is 26.0 Å². The molecule has 1 aromatic heterocycles. The summed E-state index contributed by atoms with van der Waals surface area (Å²) in [4.78, 5) is 12.9. The molecule has 1 aliphatic carbocycles. The number of nitrogens with zero attached hydrogens (tertiary/aromatic N) is 2. The summed E-state index contributed by atoms with van der Waals surface area (Å²) in [6, 6.07) is 14.1. The molecule has 0 saturated heterocycles. The largest absolute Gasteiger partial charge is 0.384 e. The minimum atomic E-state index is -3.86. The second kappa shape index (κ2) is 9.07. The zero-order valence-electron chi connectivity index (χ0n) is 19.8. The Labute approximate surface area is 201 Å². The van der Waals surface area contributed by atoms with Crippen LogP contribution in [0.1, 0.15) is 60.4 Å². The molecule has 0 atom stereocenters. The van der Waals surface area contributed by atoms with Crippen LogP contribution < -0.4 is 10.0 Å². The van der Waals surface area contributed by atoms with Crippen LogP contribution in [0.2, 0.25) is 0 Å². The predicted octanol–water partition coefficient (Wildman–Crippen LogP) is 4.71. The SMILES string of the molecule is CN(C)S(=O)(=O)NC(=O)c1ccc2c(C3CCCCC3)c3n(c2c1)CCCNc1ccccc1-3. The minimum Gasteiger partial charge on any atom is -0.384 e. The molecule has 2 aromatic carbocycles. The molecular formula is C26H32N4O3S. The lowest BCUT2D eigenvalue weighted by Gasteiger charge is -2.25. The van der Waals surface area contributed by atoms with Crippen LogP contribution in [0.5, 0.6) is 0 Å². The van der Waals surface area contributed by atoms with Gasteiger partial charge in [-0.2, -0.15) is 12.7 Å². The van der Waals surface area contributed by atoms with Crippen molar-refractivity contribution in [3.8, 4) is 11.3 Å². The Morgan fingerprint density at radius 2 is 1.82 bits per heavy atom. The highest BCUT2D eigenvalue weighted by Gasteiger charge is 2.29. The number of nitrogens with one attached hydrogen (secondary N) is 2. The molecule has 8 heteroatoms. The maximum Gasteiger partial charge on any atom is 0.303 e. The van der Waals surface area contributed by atoms with Gasteiger partial charge in [0.1, 0.15) is 0 Å². The van der Waals surface area contributed by atoms with E-state index < -0.39 is 16.1 Å². The van der Waals surface area contributed by atoms with E-state index in [9.17, 15) is 13.2 Å². The summed E-state index contributed by atoms with van der Waals surface area (Å²) in [5.74, 6) is -0.132. The van der Waals surface area contributed by atoms with Gasteiger partial charge in [0.15, 0.2) is 0 Å². The highest BCUT2D eigenvalue weighted by molar-refractivity contribution is 7.87. The van der Waals surface area contributed by atoms with Crippen molar-refractivity contribution in [2.45, 2.75) is 51.0 Å². The van der Waals surface area contributed by atoms with Crippen molar-refractivity contribution in [1.29, 1.82) is 0 Å². The van der Waals surface area contributed by atoms with Crippen molar-refractivity contribution in [3.05, 3.63) is 53.6 Å². The molecule has 0 radical (unpaired) electrons. The number of carbonyl (C=O) groups is 1. The number of hydrogen-bond donors (Lipinski definition) is 2. The van der Waals surface area contributed by atoms with Gasteiger partial charge in [0, 0.05) is 54.9 Å². The summed E-state index contributed by atoms with van der Waals surface area (Å²) >= 11 is 0. The third-order valence-corrected chi connectivity index (χ3v) is 8.54. The molecule has 0 bridgehead atoms. The second-order valence-corrected chi connectivity index (χ2v) is 11.4. The number of fused-ring (bicyclic) bond motifs is 5. The fraction of sp³-hybridized carbons (Fsp3) is 0.423. The summed E-state index contributed by atoms with van der Waals surface area (Å²) in [5.41, 5.74) is 6.30. The van der Waals surface area contributed by atoms with Gasteiger partial charge in [-0.05, 0) is 48.9 Å². The van der Waals surface area contributed by atoms with Gasteiger partial charge in [0.2, 0.25) is 0 Å². The van der Waals surface area contributed by atoms with Crippen LogP contribution in [0.3, 0.4) is 0 Å². The standard InChI is InChI=1S/C26H32N4O3S/c1-29(2)34(32,33)28-26(31)19-13-14-21-23(17-19)30-16-8-15-27-22-12-7-6-11-20(22)25(30)24(21)18-9-4-3-5-10-18/h6-7,11-14,17-18,27H,3-5,8-10,15-16H2,1-2H3,(H,28,31). The molecule has 180 valence electrons. The predicted molar refractivity (Wildman–Crippen MR) is 136 cm³/mol. The number of aromatic nitrogens is 1. The molecule has 7 nitrogen and oxygen atoms in total. The van der Waals surface area contributed by atoms with Crippen molar-refractivity contribution in [1.82, 2.24) is 13.6 Å². The molecule has 1 saturated carbocycles. The van der Waals surface area contributed by atoms with Gasteiger partial charge >= 0.3 is 10.2 Å². The quantitative estimate of drug-likeness (QED) is 0.567. The average Bonchev–Trinajstić information content (AvgIpc) is 3.13. The van der Waals surface area contributed by atoms with Gasteiger partial charge in [0.05, 0.1) is 5.69 Å². The zero-order chi connectivity index (χ0) is 23.9. The topological polar surface area (TPSA) is 83.4 Å². The first-order valence-corrected chi connectivity index (χ1v) is 13.5. The molecule has 1 amide bonds. The fourth-order valence-electron chi connectivity index (χ4n) is 5.42. The summed E-state index contributed by atoms with van der Waals surface area (Å²) in [6.07, 6.45) is 7.06. The van der Waals surface area contributed by atoms with Crippen molar-refractivity contribution < 1.29 is 13.2 Å². The Morgan fingerprint density at radius 3 is 2.59 bits per heavy atom. The molecule has 1 fully saturated rings. The van der Waals surface area contributed by atoms with Gasteiger partial charge in [-0.15, -0.1) is 0 Å². The number of para-hydroxylation sites is 1. The molecule has 34 heavy (non-hydrogen) atoms. The van der Waals surface area contributed by atoms with Crippen LogP contribution in [0, 0.1) is 0 Å². The van der Waals surface area contributed by atoms with Gasteiger partial charge in [-0.1, -0.05) is 43.5 Å². The lowest BCUT2D eigenvalue weighted by Crippen LogP contribution is -2.39. The maximum absolute atomic E-state index is 12.9. The van der Waals surface area contributed by atoms with Crippen LogP contribution >= 0.6 is 0 Å². The average molecular weight is 481 g/mol. The normalized spacial score (nSPS) is 16.9. The van der Waals surface area contributed by atoms with Crippen LogP contribution in [-0.2, 0) is 16.8 Å². The molecule has 5 rings (SSSR count). The Hall–Kier alpha value is -2.84. The van der Waals surface area contributed by atoms with E-state index >= 15 is 0 Å². The van der Waals surface area contributed by atoms with Crippen LogP contribution in [0.25, 0.3) is 22.2 Å². The summed E-state index contributed by atoms with van der Waals surface area (Å²) < 4.78 is 30.0. The van der Waals surface area contributed by atoms with E-state index in [0.717, 1.165) is 35.0 Å². The lowest BCUT2D eigenvalue weighted by molar-refractivity contribution is 0.0980. The van der Waals surface area contributed by atoms with E-state index in [0.29, 0.717) is 11.5 Å². The number of amides is 1. The highest BCUT2D eigenvalue weighted by atomic mass is 32.2. The Balaban J connectivity index is 1.71. The monoisotopic (exact) mass is 480 g/mol. The number of benzene rings is 2. The van der Waals surface area contributed by atoms with Crippen molar-refractivity contribution in [2.24, 2.45) is 0 Å². The molecule has 2 N–H and O–H groups in total. The van der Waals surface area contributed by atoms with E-state index in [1.807, 2.05) is 12.1 Å². The maximum atomic E-state index is 12.9. The smallest absolute Gasteiger partial charge is 0.303 e. The second-order valence-electron chi connectivity index (χ2n) is 9.53. The Bertz CT molecular complexity index is 1340. The van der Waals surface area contributed by atoms with Crippen LogP contribution in [0.4, 0.5) is 5.69 Å². The molecule has 3 aromatic rings. The number of anilines is 1. The first-order valence-electron chi connectivity index (χ1n) is 12.1. The number of rotatable bonds is 4. The van der Waals surface area contributed by atoms with E-state index in [1.54, 1.807) is 6.07 Å². The lowest BCUT2D eigenvalue weighted by atomic mass is 9.81. The Morgan fingerprint density at radius 1 is 1.06 bits per heavy atom. The van der Waals surface area contributed by atoms with Crippen LogP contribution in [-0.4, -0.2) is 43.8 Å². The number of hydrogen-bond acceptors (Lipinski definition) is 4. The molecular weight excluding hydrogens is 448 g/mol. The van der Waals surface area contributed by atoms with Gasteiger partial charge < -0.3 is 9.88 Å². The van der Waals surface area contributed by atoms with E-state index in [-0.39, 0.29) is 0 Å². The Kier molecular flexibility index (Phi) is 6.12. The summed E-state index contributed by atoms with van der Waals surface area (Å²) in [6.45, 7) is 1.71. The van der Waals surface area contributed by atoms with E-state index in [4.69, 9.17) is 0 Å². The summed E-state index contributed by atoms with van der Waals surface area (Å²) in [7, 11) is -1.06. The molecule has 2 heterocycles. The number of carbonyl (C=O) groups excluding carboxylic acids is 1. The number of aryl methyl sites for hydroxylation is 1. The van der Waals surface area contributed by atoms with E-state index in [2.05, 4.69) is 38.9 Å². The molecule has 1 aliphatic heterocycles. The fourth-order valence-corrected chi connectivity index (χ4v) is 5.95. The highest BCUT2D eigenvalue weighted by Crippen LogP contribution is 2.46. The third kappa shape index (κ3) is 4.09. The molecule has 0 unspecified atom stereocenters. The van der Waals surface area contributed by atoms with E-state index in [1.165, 1.54) is 68.4 Å². The molecule has 2 aliphatic rings. The molecule has 0 spiro atoms. The first-order chi connectivity index (χ1) is 16.4. The van der Waals surface area contributed by atoms with Gasteiger partial charge in [-0.25, -0.2) is 4.72 Å². The van der Waals surface area contributed by atoms with Gasteiger partial charge in [0.25, 0.3) is 5.91 Å². The third-order valence-electron chi connectivity index (χ3n) is 7.14. The van der Waals surface area contributed by atoms with Crippen molar-refractivity contribution in [3.63, 3.8) is 0 Å². The summed E-state index contributed by atoms with van der Waals surface area (Å²) in [5, 5.41) is 4.77. The minimum absolute atomic E-state index is 0.349. The van der Waals surface area contributed by atoms with Crippen LogP contribution in [0.15, 0.2) is 42.5 Å². The first kappa shape index (κ1) is 22.9. The van der Waals surface area contributed by atoms with Gasteiger partial charge in [-0.3, -0.25) is 4.79 Å². The van der Waals surface area contributed by atoms with Crippen molar-refractivity contribution >= 4 is 32.7 Å². The zero-order valence-corrected chi connectivity index (χ0v) is 20.6.